The summed E-state index contributed by atoms with van der Waals surface area (Å²) in [4.78, 5) is 34.5. The number of morpholine rings is 1. The number of halogens is 3. The van der Waals surface area contributed by atoms with Gasteiger partial charge in [-0.05, 0) is 25.1 Å². The lowest BCUT2D eigenvalue weighted by Gasteiger charge is -2.36. The van der Waals surface area contributed by atoms with Gasteiger partial charge in [0.1, 0.15) is 6.04 Å². The molecule has 2 aliphatic rings. The maximum Gasteiger partial charge on any atom is 0.337 e. The zero-order valence-electron chi connectivity index (χ0n) is 18.5. The van der Waals surface area contributed by atoms with Crippen molar-refractivity contribution in [3.05, 3.63) is 55.8 Å². The largest absolute Gasteiger partial charge is 0.480 e. The Bertz CT molecular complexity index is 1200. The van der Waals surface area contributed by atoms with Gasteiger partial charge < -0.3 is 14.6 Å². The zero-order valence-corrected chi connectivity index (χ0v) is 20.8. The second-order valence-corrected chi connectivity index (χ2v) is 9.47. The molecule has 1 saturated heterocycles. The number of esters is 1. The van der Waals surface area contributed by atoms with E-state index in [9.17, 15) is 19.1 Å². The van der Waals surface area contributed by atoms with Crippen molar-refractivity contribution >= 4 is 58.0 Å². The molecule has 2 aliphatic heterocycles. The molecule has 35 heavy (non-hydrogen) atoms. The lowest BCUT2D eigenvalue weighted by molar-refractivity contribution is -0.144. The van der Waals surface area contributed by atoms with E-state index in [4.69, 9.17) is 32.7 Å². The van der Waals surface area contributed by atoms with Crippen molar-refractivity contribution in [2.75, 3.05) is 31.2 Å². The van der Waals surface area contributed by atoms with E-state index in [2.05, 4.69) is 15.3 Å². The molecular weight excluding hydrogens is 522 g/mol. The summed E-state index contributed by atoms with van der Waals surface area (Å²) in [5.41, 5.74) is 1.21. The first-order valence-electron chi connectivity index (χ1n) is 10.7. The van der Waals surface area contributed by atoms with Gasteiger partial charge in [0.25, 0.3) is 0 Å². The Balaban J connectivity index is 1.79. The smallest absolute Gasteiger partial charge is 0.337 e. The Morgan fingerprint density at radius 2 is 2.20 bits per heavy atom. The van der Waals surface area contributed by atoms with Crippen LogP contribution in [0.2, 0.25) is 10.0 Å². The molecule has 2 atom stereocenters. The number of nitrogens with zero attached hydrogens (tertiary/aromatic N) is 3. The third kappa shape index (κ3) is 5.65. The highest BCUT2D eigenvalue weighted by atomic mass is 35.5. The number of carboxylic acids is 1. The number of ether oxygens (including phenoxy) is 2. The third-order valence-electron chi connectivity index (χ3n) is 5.37. The predicted octanol–water partition coefficient (Wildman–Crippen LogP) is 3.50. The van der Waals surface area contributed by atoms with E-state index >= 15 is 0 Å². The molecule has 186 valence electrons. The summed E-state index contributed by atoms with van der Waals surface area (Å²) in [6, 6.07) is 4.02. The number of carboxylic acid groups (broad SMARTS) is 1. The second kappa shape index (κ2) is 11.0. The number of anilines is 1. The summed E-state index contributed by atoms with van der Waals surface area (Å²) >= 11 is 13.5. The number of carbonyl (C=O) groups excluding carboxylic acids is 1. The topological polar surface area (TPSA) is 113 Å². The van der Waals surface area contributed by atoms with Crippen LogP contribution in [-0.2, 0) is 19.1 Å². The first-order valence-corrected chi connectivity index (χ1v) is 12.2. The summed E-state index contributed by atoms with van der Waals surface area (Å²) in [6.45, 7) is 2.03. The number of aromatic nitrogens is 1. The zero-order chi connectivity index (χ0) is 25.1. The number of aliphatic imine (C=N–C) groups is 1. The van der Waals surface area contributed by atoms with Crippen molar-refractivity contribution < 1.29 is 28.6 Å². The Kier molecular flexibility index (Phi) is 8.02. The van der Waals surface area contributed by atoms with Gasteiger partial charge >= 0.3 is 11.9 Å². The van der Waals surface area contributed by atoms with Crippen molar-refractivity contribution in [3.8, 4) is 0 Å². The molecule has 2 N–H and O–H groups in total. The summed E-state index contributed by atoms with van der Waals surface area (Å²) < 4.78 is 25.0. The number of aliphatic carboxylic acids is 1. The van der Waals surface area contributed by atoms with E-state index < -0.39 is 29.2 Å². The summed E-state index contributed by atoms with van der Waals surface area (Å²) in [7, 11) is 0. The molecule has 0 amide bonds. The van der Waals surface area contributed by atoms with Gasteiger partial charge in [-0.25, -0.2) is 9.78 Å². The fraction of sp³-hybridized carbons (Fsp3) is 0.364. The Morgan fingerprint density at radius 1 is 1.40 bits per heavy atom. The fourth-order valence-electron chi connectivity index (χ4n) is 3.77. The molecule has 2 unspecified atom stereocenters. The number of thiazole rings is 1. The van der Waals surface area contributed by atoms with Crippen LogP contribution < -0.4 is 10.2 Å². The summed E-state index contributed by atoms with van der Waals surface area (Å²) in [6.07, 6.45) is 0.819. The molecule has 0 saturated carbocycles. The van der Waals surface area contributed by atoms with Crippen LogP contribution in [0.1, 0.15) is 18.4 Å². The first-order chi connectivity index (χ1) is 16.8. The van der Waals surface area contributed by atoms with Crippen molar-refractivity contribution in [1.82, 2.24) is 10.3 Å². The minimum atomic E-state index is -1.01. The molecule has 1 fully saturated rings. The van der Waals surface area contributed by atoms with Crippen LogP contribution in [-0.4, -0.2) is 66.3 Å². The minimum absolute atomic E-state index is 0.0235. The van der Waals surface area contributed by atoms with Crippen molar-refractivity contribution in [3.63, 3.8) is 0 Å². The van der Waals surface area contributed by atoms with Crippen molar-refractivity contribution in [2.45, 2.75) is 25.5 Å². The Morgan fingerprint density at radius 3 is 2.80 bits per heavy atom. The first kappa shape index (κ1) is 25.5. The van der Waals surface area contributed by atoms with E-state index in [1.807, 2.05) is 0 Å². The van der Waals surface area contributed by atoms with Crippen LogP contribution in [0.15, 0.2) is 40.7 Å². The summed E-state index contributed by atoms with van der Waals surface area (Å²) in [5, 5.41) is 12.6. The number of benzene rings is 1. The van der Waals surface area contributed by atoms with E-state index in [0.717, 1.165) is 17.5 Å². The predicted molar refractivity (Wildman–Crippen MR) is 130 cm³/mol. The molecule has 1 aromatic heterocycles. The maximum atomic E-state index is 13.9. The van der Waals surface area contributed by atoms with Crippen LogP contribution in [0, 0.1) is 5.13 Å². The lowest BCUT2D eigenvalue weighted by Crippen LogP contribution is -2.51. The molecule has 9 nitrogen and oxygen atoms in total. The molecule has 0 radical (unpaired) electrons. The van der Waals surface area contributed by atoms with Crippen LogP contribution in [0.4, 0.5) is 10.1 Å². The SMILES string of the molecule is CCOC(=O)C1=C(CC2CNC(C(=O)O)CO2)N(c2ccc(Cl)cc2Cl)C(c2ncc(F)s2)=NC1. The van der Waals surface area contributed by atoms with E-state index in [0.29, 0.717) is 27.3 Å². The molecule has 1 aromatic carbocycles. The summed E-state index contributed by atoms with van der Waals surface area (Å²) in [5.74, 6) is -1.27. The number of amidine groups is 1. The molecule has 0 bridgehead atoms. The van der Waals surface area contributed by atoms with Gasteiger partial charge in [0.05, 0.1) is 48.3 Å². The van der Waals surface area contributed by atoms with E-state index in [1.165, 1.54) is 0 Å². The van der Waals surface area contributed by atoms with Gasteiger partial charge in [-0.15, -0.1) is 0 Å². The number of hydrogen-bond donors (Lipinski definition) is 2. The lowest BCUT2D eigenvalue weighted by atomic mass is 10.0. The average molecular weight is 543 g/mol. The Hall–Kier alpha value is -2.57. The van der Waals surface area contributed by atoms with Gasteiger partial charge in [0.15, 0.2) is 16.0 Å². The van der Waals surface area contributed by atoms with Crippen LogP contribution in [0.25, 0.3) is 0 Å². The standard InChI is InChI=1S/C22H21Cl2FN4O5S/c1-2-33-22(32)13-8-27-19(20-28-9-18(25)35-20)29(16-4-3-11(23)5-14(16)24)17(13)6-12-7-26-15(10-34-12)21(30)31/h3-5,9,12,15,26H,2,6-8,10H2,1H3,(H,30,31). The Labute approximate surface area is 214 Å². The van der Waals surface area contributed by atoms with Crippen molar-refractivity contribution in [2.24, 2.45) is 4.99 Å². The highest BCUT2D eigenvalue weighted by molar-refractivity contribution is 7.12. The van der Waals surface area contributed by atoms with Gasteiger partial charge in [-0.3, -0.25) is 20.0 Å². The van der Waals surface area contributed by atoms with Crippen LogP contribution in [0.5, 0.6) is 0 Å². The van der Waals surface area contributed by atoms with Crippen molar-refractivity contribution in [1.29, 1.82) is 0 Å². The number of hydrogen-bond acceptors (Lipinski definition) is 9. The van der Waals surface area contributed by atoms with E-state index in [-0.39, 0.29) is 43.3 Å². The average Bonchev–Trinajstić information content (AvgIpc) is 3.25. The maximum absolute atomic E-state index is 13.9. The van der Waals surface area contributed by atoms with E-state index in [1.54, 1.807) is 30.0 Å². The molecule has 2 aromatic rings. The fourth-order valence-corrected chi connectivity index (χ4v) is 4.90. The number of carbonyl (C=O) groups is 2. The highest BCUT2D eigenvalue weighted by Gasteiger charge is 2.36. The highest BCUT2D eigenvalue weighted by Crippen LogP contribution is 2.37. The van der Waals surface area contributed by atoms with Gasteiger partial charge in [0, 0.05) is 23.7 Å². The minimum Gasteiger partial charge on any atom is -0.480 e. The normalized spacial score (nSPS) is 20.6. The molecular formula is C22H21Cl2FN4O5S. The molecule has 0 aliphatic carbocycles. The monoisotopic (exact) mass is 542 g/mol. The quantitative estimate of drug-likeness (QED) is 0.511. The van der Waals surface area contributed by atoms with Gasteiger partial charge in [-0.1, -0.05) is 34.5 Å². The number of nitrogens with one attached hydrogen (secondary N) is 1. The molecule has 13 heteroatoms. The second-order valence-electron chi connectivity index (χ2n) is 7.64. The number of rotatable bonds is 7. The molecule has 4 rings (SSSR count). The van der Waals surface area contributed by atoms with Gasteiger partial charge in [-0.2, -0.15) is 4.39 Å². The molecule has 3 heterocycles. The molecule has 0 spiro atoms. The van der Waals surface area contributed by atoms with Crippen LogP contribution in [0.3, 0.4) is 0 Å². The van der Waals surface area contributed by atoms with Gasteiger partial charge in [0.2, 0.25) is 0 Å². The third-order valence-corrected chi connectivity index (χ3v) is 6.69. The van der Waals surface area contributed by atoms with Crippen LogP contribution >= 0.6 is 34.5 Å².